The number of morpholine rings is 1. The topological polar surface area (TPSA) is 54.4 Å². The van der Waals surface area contributed by atoms with Crippen LogP contribution in [0.1, 0.15) is 47.5 Å². The van der Waals surface area contributed by atoms with Gasteiger partial charge < -0.3 is 19.3 Å². The lowest BCUT2D eigenvalue weighted by Gasteiger charge is -2.35. The monoisotopic (exact) mass is 341 g/mol. The Morgan fingerprint density at radius 3 is 2.33 bits per heavy atom. The number of carbonyl (C=O) groups is 1. The molecule has 0 saturated carbocycles. The second kappa shape index (κ2) is 9.99. The van der Waals surface area contributed by atoms with Crippen molar-refractivity contribution in [3.05, 3.63) is 0 Å². The van der Waals surface area contributed by atoms with Crippen LogP contribution in [-0.4, -0.2) is 74.3 Å². The highest BCUT2D eigenvalue weighted by molar-refractivity contribution is 5.95. The van der Waals surface area contributed by atoms with Crippen molar-refractivity contribution < 1.29 is 14.3 Å². The van der Waals surface area contributed by atoms with Gasteiger partial charge in [0.05, 0.1) is 19.8 Å². The molecule has 2 saturated heterocycles. The molecule has 2 aliphatic heterocycles. The lowest BCUT2D eigenvalue weighted by Crippen LogP contribution is -2.46. The van der Waals surface area contributed by atoms with Gasteiger partial charge in [-0.3, -0.25) is 0 Å². The molecule has 6 nitrogen and oxygen atoms in total. The molecule has 2 fully saturated rings. The number of carbonyl (C=O) groups excluding carboxylic acids is 1. The normalized spacial score (nSPS) is 20.0. The third-order valence-corrected chi connectivity index (χ3v) is 4.22. The number of likely N-dealkylation sites (tertiary alicyclic amines) is 1. The molecule has 0 unspecified atom stereocenters. The summed E-state index contributed by atoms with van der Waals surface area (Å²) in [6, 6.07) is 0. The van der Waals surface area contributed by atoms with Crippen LogP contribution in [0.15, 0.2) is 4.99 Å². The zero-order chi connectivity index (χ0) is 16.7. The number of nitrogens with zero attached hydrogens (tertiary/aromatic N) is 3. The fraction of sp³-hybridized carbons (Fsp3) is 0.889. The molecule has 0 aromatic rings. The summed E-state index contributed by atoms with van der Waals surface area (Å²) in [4.78, 5) is 20.9. The summed E-state index contributed by atoms with van der Waals surface area (Å²) in [5, 5.41) is 0. The van der Waals surface area contributed by atoms with Gasteiger partial charge in [0.2, 0.25) is 0 Å². The Labute approximate surface area is 147 Å². The molecule has 0 radical (unpaired) electrons. The van der Waals surface area contributed by atoms with E-state index in [-0.39, 0.29) is 12.8 Å². The first-order valence-electron chi connectivity index (χ1n) is 8.78. The van der Waals surface area contributed by atoms with Gasteiger partial charge in [-0.1, -0.05) is 28.2 Å². The summed E-state index contributed by atoms with van der Waals surface area (Å²) in [5.74, 6) is 0.797. The molecule has 24 heavy (non-hydrogen) atoms. The molecule has 140 valence electrons. The average Bonchev–Trinajstić information content (AvgIpc) is 3.02. The number of rotatable bonds is 4. The third-order valence-electron chi connectivity index (χ3n) is 4.22. The predicted octanol–water partition coefficient (Wildman–Crippen LogP) is 3.02. The van der Waals surface area contributed by atoms with Crippen LogP contribution < -0.4 is 0 Å². The van der Waals surface area contributed by atoms with Gasteiger partial charge in [-0.15, -0.1) is 0 Å². The summed E-state index contributed by atoms with van der Waals surface area (Å²) >= 11 is 0. The predicted molar refractivity (Wildman–Crippen MR) is 97.7 cm³/mol. The van der Waals surface area contributed by atoms with Gasteiger partial charge in [-0.05, 0) is 32.4 Å². The van der Waals surface area contributed by atoms with Gasteiger partial charge >= 0.3 is 6.09 Å². The van der Waals surface area contributed by atoms with Gasteiger partial charge in [-0.25, -0.2) is 4.79 Å². The minimum atomic E-state index is -0.470. The van der Waals surface area contributed by atoms with Crippen LogP contribution in [0.4, 0.5) is 4.79 Å². The highest BCUT2D eigenvalue weighted by Crippen LogP contribution is 2.20. The Bertz CT molecular complexity index is 406. The second-order valence-corrected chi connectivity index (χ2v) is 7.30. The minimum Gasteiger partial charge on any atom is -0.448 e. The maximum atomic E-state index is 12.1. The first-order chi connectivity index (χ1) is 11.0. The van der Waals surface area contributed by atoms with E-state index in [2.05, 4.69) is 35.6 Å². The van der Waals surface area contributed by atoms with Crippen molar-refractivity contribution in [2.45, 2.75) is 47.5 Å². The number of aliphatic imine (C=N–C) groups is 1. The summed E-state index contributed by atoms with van der Waals surface area (Å²) in [7, 11) is 0. The van der Waals surface area contributed by atoms with E-state index in [1.54, 1.807) is 0 Å². The molecule has 0 atom stereocenters. The summed E-state index contributed by atoms with van der Waals surface area (Å²) in [6.07, 6.45) is 2.99. The highest BCUT2D eigenvalue weighted by Gasteiger charge is 2.27. The van der Waals surface area contributed by atoms with Crippen molar-refractivity contribution >= 4 is 11.9 Å². The number of amidine groups is 1. The second-order valence-electron chi connectivity index (χ2n) is 7.30. The number of amides is 1. The van der Waals surface area contributed by atoms with E-state index >= 15 is 0 Å². The van der Waals surface area contributed by atoms with Crippen LogP contribution in [0.25, 0.3) is 0 Å². The van der Waals surface area contributed by atoms with Crippen molar-refractivity contribution in [2.75, 3.05) is 52.5 Å². The van der Waals surface area contributed by atoms with Crippen molar-refractivity contribution in [1.82, 2.24) is 9.80 Å². The van der Waals surface area contributed by atoms with Crippen LogP contribution in [0.2, 0.25) is 0 Å². The summed E-state index contributed by atoms with van der Waals surface area (Å²) < 4.78 is 10.7. The molecule has 0 spiro atoms. The van der Waals surface area contributed by atoms with Crippen LogP contribution in [0.5, 0.6) is 0 Å². The minimum absolute atomic E-state index is 0. The van der Waals surface area contributed by atoms with E-state index in [1.807, 2.05) is 0 Å². The largest absolute Gasteiger partial charge is 0.448 e. The van der Waals surface area contributed by atoms with E-state index < -0.39 is 6.09 Å². The Hall–Kier alpha value is -1.14. The molecule has 1 amide bonds. The third kappa shape index (κ3) is 6.77. The van der Waals surface area contributed by atoms with Crippen LogP contribution in [0, 0.1) is 5.41 Å². The molecule has 6 heteroatoms. The maximum absolute atomic E-state index is 12.1. The fourth-order valence-electron chi connectivity index (χ4n) is 3.06. The zero-order valence-electron chi connectivity index (χ0n) is 14.8. The Morgan fingerprint density at radius 1 is 1.12 bits per heavy atom. The maximum Gasteiger partial charge on any atom is 0.435 e. The first-order valence-corrected chi connectivity index (χ1v) is 8.78. The standard InChI is InChI=1S/C17H31N3O3.CH4/c1-17(2,3)15(20-10-13-22-14-11-20)18-16(21)23-12-6-9-19-7-4-5-8-19;/h4-14H2,1-3H3;1H4. The van der Waals surface area contributed by atoms with Crippen LogP contribution in [-0.2, 0) is 9.47 Å². The summed E-state index contributed by atoms with van der Waals surface area (Å²) in [6.45, 7) is 12.9. The van der Waals surface area contributed by atoms with E-state index in [1.165, 1.54) is 25.9 Å². The number of hydrogen-bond acceptors (Lipinski definition) is 4. The number of hydrogen-bond donors (Lipinski definition) is 0. The van der Waals surface area contributed by atoms with Gasteiger partial charge in [-0.2, -0.15) is 4.99 Å². The highest BCUT2D eigenvalue weighted by atomic mass is 16.5. The van der Waals surface area contributed by atoms with Crippen LogP contribution in [0.3, 0.4) is 0 Å². The zero-order valence-corrected chi connectivity index (χ0v) is 14.8. The molecule has 0 aromatic carbocycles. The summed E-state index contributed by atoms with van der Waals surface area (Å²) in [5.41, 5.74) is -0.189. The quantitative estimate of drug-likeness (QED) is 0.447. The lowest BCUT2D eigenvalue weighted by atomic mass is 9.93. The molecule has 0 N–H and O–H groups in total. The van der Waals surface area contributed by atoms with Crippen LogP contribution >= 0.6 is 0 Å². The van der Waals surface area contributed by atoms with Crippen molar-refractivity contribution in [3.63, 3.8) is 0 Å². The Balaban J connectivity index is 0.00000288. The lowest BCUT2D eigenvalue weighted by molar-refractivity contribution is 0.0642. The SMILES string of the molecule is C.CC(C)(C)C(=NC(=O)OCCCN1CCCC1)N1CCOCC1. The first kappa shape index (κ1) is 20.9. The molecular formula is C18H35N3O3. The molecule has 2 aliphatic rings. The Morgan fingerprint density at radius 2 is 1.75 bits per heavy atom. The van der Waals surface area contributed by atoms with Gasteiger partial charge in [0.25, 0.3) is 0 Å². The molecule has 0 bridgehead atoms. The molecule has 0 aromatic heterocycles. The molecular weight excluding hydrogens is 306 g/mol. The Kier molecular flexibility index (Phi) is 8.70. The number of ether oxygens (including phenoxy) is 2. The van der Waals surface area contributed by atoms with E-state index in [9.17, 15) is 4.79 Å². The van der Waals surface area contributed by atoms with Crippen molar-refractivity contribution in [2.24, 2.45) is 10.4 Å². The van der Waals surface area contributed by atoms with Gasteiger partial charge in [0.1, 0.15) is 5.84 Å². The van der Waals surface area contributed by atoms with Crippen molar-refractivity contribution in [3.8, 4) is 0 Å². The van der Waals surface area contributed by atoms with E-state index in [0.29, 0.717) is 19.8 Å². The average molecular weight is 341 g/mol. The van der Waals surface area contributed by atoms with Crippen molar-refractivity contribution in [1.29, 1.82) is 0 Å². The van der Waals surface area contributed by atoms with Gasteiger partial charge in [0.15, 0.2) is 0 Å². The van der Waals surface area contributed by atoms with Gasteiger partial charge in [0, 0.05) is 25.0 Å². The van der Waals surface area contributed by atoms with E-state index in [4.69, 9.17) is 9.47 Å². The molecule has 2 rings (SSSR count). The van der Waals surface area contributed by atoms with E-state index in [0.717, 1.165) is 31.9 Å². The smallest absolute Gasteiger partial charge is 0.435 e. The fourth-order valence-corrected chi connectivity index (χ4v) is 3.06. The molecule has 2 heterocycles. The molecule has 0 aliphatic carbocycles.